The van der Waals surface area contributed by atoms with Crippen molar-refractivity contribution >= 4 is 40.4 Å². The molecular formula is C10H14Li2N5O12P3. The van der Waals surface area contributed by atoms with Crippen molar-refractivity contribution in [1.82, 2.24) is 19.5 Å². The summed E-state index contributed by atoms with van der Waals surface area (Å²) in [5.74, 6) is 0.116. The molecule has 1 saturated heterocycles. The van der Waals surface area contributed by atoms with Gasteiger partial charge in [-0.15, -0.1) is 0 Å². The number of aliphatic hydroxyl groups is 1. The second kappa shape index (κ2) is 11.1. The summed E-state index contributed by atoms with van der Waals surface area (Å²) < 4.78 is 51.5. The van der Waals surface area contributed by atoms with Crippen LogP contribution in [0.4, 0.5) is 5.82 Å². The van der Waals surface area contributed by atoms with Gasteiger partial charge in [-0.25, -0.2) is 28.1 Å². The molecule has 0 radical (unpaired) electrons. The number of nitrogens with zero attached hydrogens (tertiary/aromatic N) is 4. The third kappa shape index (κ3) is 7.70. The molecule has 0 aliphatic carbocycles. The summed E-state index contributed by atoms with van der Waals surface area (Å²) in [4.78, 5) is 51.2. The van der Waals surface area contributed by atoms with Crippen molar-refractivity contribution in [3.8, 4) is 0 Å². The molecule has 3 heterocycles. The molecule has 168 valence electrons. The number of phosphoric acid groups is 3. The largest absolute Gasteiger partial charge is 1.00 e. The quantitative estimate of drug-likeness (QED) is 0.145. The molecule has 3 rings (SSSR count). The fraction of sp³-hybridized carbons (Fsp3) is 0.500. The van der Waals surface area contributed by atoms with Crippen LogP contribution in [0.1, 0.15) is 12.6 Å². The van der Waals surface area contributed by atoms with Crippen LogP contribution in [0.5, 0.6) is 0 Å². The Kier molecular flexibility index (Phi) is 10.4. The number of hydrogen-bond donors (Lipinski definition) is 4. The number of hydrogen-bond acceptors (Lipinski definition) is 14. The molecule has 1 aliphatic heterocycles. The first kappa shape index (κ1) is 29.9. The minimum Gasteiger partial charge on any atom is -0.756 e. The smallest absolute Gasteiger partial charge is 0.756 e. The number of rotatable bonds is 8. The molecule has 0 saturated carbocycles. The number of nitrogens with two attached hydrogens (primary N) is 1. The predicted octanol–water partition coefficient (Wildman–Crippen LogP) is -7.86. The summed E-state index contributed by atoms with van der Waals surface area (Å²) in [6.07, 6.45) is -0.767. The van der Waals surface area contributed by atoms with Gasteiger partial charge in [0.05, 0.1) is 19.0 Å². The van der Waals surface area contributed by atoms with Crippen molar-refractivity contribution < 1.29 is 94.0 Å². The number of ether oxygens (including phenoxy) is 1. The van der Waals surface area contributed by atoms with Gasteiger partial charge in [-0.1, -0.05) is 0 Å². The van der Waals surface area contributed by atoms with Crippen molar-refractivity contribution in [2.45, 2.75) is 24.9 Å². The number of nitrogen functional groups attached to an aromatic ring is 1. The standard InChI is InChI=1S/C10H16N5O12P3.2Li/c11-9-8-10(13-3-12-9)15(4-14-8)7-1-5(16)6(25-7)2-24-29(20,21)27-30(22,23)26-28(17,18)19;;/h3-7,16H,1-2H2,(H,20,21)(H,22,23)(H2,11,12,13)(H2,17,18,19);;/q;2*+1/p-2/t5-,6-,7-;;/m1../s1/i1+1,2+1,3+1,4+1,5+1,6+1,7+1,8+1,9+1,10+1;;. The van der Waals surface area contributed by atoms with Crippen molar-refractivity contribution in [2.24, 2.45) is 0 Å². The normalized spacial score (nSPS) is 26.3. The molecular weight excluding hydrogens is 499 g/mol. The number of anilines is 1. The summed E-state index contributed by atoms with van der Waals surface area (Å²) in [6, 6.07) is 0. The van der Waals surface area contributed by atoms with Gasteiger partial charge in [0, 0.05) is 6.42 Å². The molecule has 0 amide bonds. The maximum atomic E-state index is 11.7. The molecule has 6 atom stereocenters. The van der Waals surface area contributed by atoms with Gasteiger partial charge in [0.25, 0.3) is 15.6 Å². The Morgan fingerprint density at radius 3 is 2.47 bits per heavy atom. The van der Waals surface area contributed by atoms with Gasteiger partial charge in [0.1, 0.15) is 24.2 Å². The van der Waals surface area contributed by atoms with Gasteiger partial charge >= 0.3 is 45.5 Å². The molecule has 0 bridgehead atoms. The number of aliphatic hydroxyl groups excluding tert-OH is 1. The first-order valence-corrected chi connectivity index (χ1v) is 12.2. The van der Waals surface area contributed by atoms with Crippen LogP contribution in [0.25, 0.3) is 11.2 Å². The molecule has 17 nitrogen and oxygen atoms in total. The zero-order valence-electron chi connectivity index (χ0n) is 16.5. The molecule has 3 unspecified atom stereocenters. The topological polar surface area (TPSA) is 265 Å². The van der Waals surface area contributed by atoms with E-state index in [1.165, 1.54) is 17.2 Å². The van der Waals surface area contributed by atoms with E-state index in [0.717, 1.165) is 0 Å². The van der Waals surface area contributed by atoms with Gasteiger partial charge in [-0.3, -0.25) is 18.2 Å². The number of aromatic nitrogens is 4. The van der Waals surface area contributed by atoms with E-state index in [-0.39, 0.29) is 55.5 Å². The van der Waals surface area contributed by atoms with Crippen molar-refractivity contribution in [1.29, 1.82) is 0 Å². The minimum absolute atomic E-state index is 0. The molecule has 0 spiro atoms. The maximum Gasteiger partial charge on any atom is 1.00 e. The molecule has 22 heteroatoms. The van der Waals surface area contributed by atoms with Gasteiger partial charge in [0.15, 0.2) is 11.5 Å². The molecule has 32 heavy (non-hydrogen) atoms. The van der Waals surface area contributed by atoms with E-state index >= 15 is 0 Å². The average Bonchev–Trinajstić information content (AvgIpc) is 3.14. The van der Waals surface area contributed by atoms with E-state index in [0.29, 0.717) is 5.65 Å². The Bertz CT molecular complexity index is 1080. The zero-order valence-corrected chi connectivity index (χ0v) is 19.2. The fourth-order valence-electron chi connectivity index (χ4n) is 2.58. The number of fused-ring (bicyclic) bond motifs is 1. The van der Waals surface area contributed by atoms with Gasteiger partial charge in [-0.05, 0) is 0 Å². The van der Waals surface area contributed by atoms with Gasteiger partial charge in [-0.2, -0.15) is 0 Å². The monoisotopic (exact) mass is 513 g/mol. The SMILES string of the molecule is N[13c]1n[13cH]n[13c]2[13c]1n[13cH]n2[13C@H]1[13CH2][13C@@H](O)[13C@@H]([13CH2]OP(=O)(O)OP(=O)([O-])OP(=O)([O-])O)O1.[Li+].[Li+]. The van der Waals surface area contributed by atoms with Crippen LogP contribution in [-0.2, 0) is 31.6 Å². The molecule has 1 fully saturated rings. The molecule has 2 aromatic rings. The van der Waals surface area contributed by atoms with Crippen LogP contribution in [0, 0.1) is 0 Å². The van der Waals surface area contributed by atoms with Crippen LogP contribution >= 0.6 is 23.5 Å². The van der Waals surface area contributed by atoms with E-state index < -0.39 is 48.5 Å². The molecule has 1 aliphatic rings. The van der Waals surface area contributed by atoms with E-state index in [2.05, 4.69) is 28.1 Å². The number of phosphoric ester groups is 1. The Labute approximate surface area is 203 Å². The Hall–Kier alpha value is -0.125. The fourth-order valence-corrected chi connectivity index (χ4v) is 5.51. The summed E-state index contributed by atoms with van der Waals surface area (Å²) in [5.41, 5.74) is 6.27. The zero-order chi connectivity index (χ0) is 22.3. The van der Waals surface area contributed by atoms with E-state index in [4.69, 9.17) is 15.4 Å². The Morgan fingerprint density at radius 1 is 1.19 bits per heavy atom. The summed E-state index contributed by atoms with van der Waals surface area (Å²) in [6.45, 7) is -0.830. The van der Waals surface area contributed by atoms with E-state index in [1.807, 2.05) is 0 Å². The van der Waals surface area contributed by atoms with E-state index in [9.17, 15) is 33.5 Å². The first-order valence-electron chi connectivity index (χ1n) is 7.78. The maximum absolute atomic E-state index is 11.7. The van der Waals surface area contributed by atoms with Crippen molar-refractivity contribution in [3.05, 3.63) is 12.7 Å². The number of imidazole rings is 1. The summed E-state index contributed by atoms with van der Waals surface area (Å²) >= 11 is 0. The average molecular weight is 513 g/mol. The first-order chi connectivity index (χ1) is 13.8. The Balaban J connectivity index is 0.00000256. The van der Waals surface area contributed by atoms with Crippen LogP contribution in [0.2, 0.25) is 0 Å². The van der Waals surface area contributed by atoms with Crippen LogP contribution in [0.3, 0.4) is 0 Å². The second-order valence-electron chi connectivity index (χ2n) is 5.86. The van der Waals surface area contributed by atoms with Crippen LogP contribution in [-0.4, -0.2) is 53.2 Å². The van der Waals surface area contributed by atoms with Crippen LogP contribution < -0.4 is 53.2 Å². The van der Waals surface area contributed by atoms with Crippen LogP contribution in [0.15, 0.2) is 12.7 Å². The molecule has 0 aromatic carbocycles. The summed E-state index contributed by atoms with van der Waals surface area (Å²) in [5, 5.41) is 10.1. The second-order valence-corrected chi connectivity index (χ2v) is 10.2. The molecule has 5 N–H and O–H groups in total. The van der Waals surface area contributed by atoms with Gasteiger partial charge in [0.2, 0.25) is 0 Å². The molecule has 2 aromatic heterocycles. The van der Waals surface area contributed by atoms with E-state index in [1.54, 1.807) is 0 Å². The van der Waals surface area contributed by atoms with Crippen molar-refractivity contribution in [2.75, 3.05) is 12.3 Å². The third-order valence-electron chi connectivity index (χ3n) is 3.71. The van der Waals surface area contributed by atoms with Crippen molar-refractivity contribution in [3.63, 3.8) is 0 Å². The summed E-state index contributed by atoms with van der Waals surface area (Å²) in [7, 11) is -17.2. The predicted molar refractivity (Wildman–Crippen MR) is 89.6 cm³/mol. The Morgan fingerprint density at radius 2 is 1.84 bits per heavy atom. The van der Waals surface area contributed by atoms with Gasteiger partial charge < -0.3 is 35.2 Å². The minimum atomic E-state index is -5.95. The third-order valence-corrected chi connectivity index (χ3v) is 7.44.